The summed E-state index contributed by atoms with van der Waals surface area (Å²) in [5.41, 5.74) is 1.70. The summed E-state index contributed by atoms with van der Waals surface area (Å²) in [6.07, 6.45) is 7.10. The second-order valence-electron chi connectivity index (χ2n) is 3.94. The topological polar surface area (TPSA) is 63.8 Å². The van der Waals surface area contributed by atoms with Crippen molar-refractivity contribution in [2.24, 2.45) is 7.05 Å². The summed E-state index contributed by atoms with van der Waals surface area (Å²) >= 11 is 0. The van der Waals surface area contributed by atoms with Crippen molar-refractivity contribution in [1.82, 2.24) is 19.5 Å². The number of hydrogen-bond donors (Lipinski definition) is 1. The Bertz CT molecular complexity index is 507. The molecule has 0 bridgehead atoms. The summed E-state index contributed by atoms with van der Waals surface area (Å²) in [4.78, 5) is 12.9. The van der Waals surface area contributed by atoms with Crippen LogP contribution in [0, 0.1) is 0 Å². The molecule has 1 N–H and O–H groups in total. The van der Waals surface area contributed by atoms with E-state index in [2.05, 4.69) is 21.9 Å². The highest BCUT2D eigenvalue weighted by Crippen LogP contribution is 2.15. The normalized spacial score (nSPS) is 10.8. The maximum atomic E-state index is 9.22. The van der Waals surface area contributed by atoms with Crippen LogP contribution in [-0.4, -0.2) is 24.6 Å². The number of aromatic nitrogens is 4. The van der Waals surface area contributed by atoms with Crippen LogP contribution in [0.1, 0.15) is 24.6 Å². The van der Waals surface area contributed by atoms with Gasteiger partial charge in [-0.1, -0.05) is 13.3 Å². The third-order valence-corrected chi connectivity index (χ3v) is 2.63. The van der Waals surface area contributed by atoms with Crippen LogP contribution in [0.2, 0.25) is 0 Å². The first-order valence-electron chi connectivity index (χ1n) is 5.69. The number of imidazole rings is 1. The van der Waals surface area contributed by atoms with Crippen molar-refractivity contribution in [2.45, 2.75) is 26.4 Å². The van der Waals surface area contributed by atoms with Crippen molar-refractivity contribution in [1.29, 1.82) is 0 Å². The van der Waals surface area contributed by atoms with Gasteiger partial charge >= 0.3 is 0 Å². The van der Waals surface area contributed by atoms with Gasteiger partial charge in [0.25, 0.3) is 0 Å². The number of aliphatic hydroxyl groups is 1. The predicted octanol–water partition coefficient (Wildman–Crippen LogP) is 1.32. The fourth-order valence-corrected chi connectivity index (χ4v) is 1.72. The standard InChI is InChI=1S/C12H16N4O/c1-3-4-10-9(8-17)7-14-11(15-10)12-13-5-6-16(12)2/h5-7,17H,3-4,8H2,1-2H3. The second kappa shape index (κ2) is 5.05. The average molecular weight is 232 g/mol. The summed E-state index contributed by atoms with van der Waals surface area (Å²) in [5, 5.41) is 9.22. The summed E-state index contributed by atoms with van der Waals surface area (Å²) in [7, 11) is 1.91. The highest BCUT2D eigenvalue weighted by atomic mass is 16.3. The van der Waals surface area contributed by atoms with Gasteiger partial charge in [-0.2, -0.15) is 0 Å². The van der Waals surface area contributed by atoms with Gasteiger partial charge in [0, 0.05) is 31.2 Å². The van der Waals surface area contributed by atoms with Crippen molar-refractivity contribution in [3.63, 3.8) is 0 Å². The molecule has 0 fully saturated rings. The van der Waals surface area contributed by atoms with Gasteiger partial charge in [0.15, 0.2) is 11.6 Å². The van der Waals surface area contributed by atoms with E-state index in [0.29, 0.717) is 5.82 Å². The lowest BCUT2D eigenvalue weighted by Gasteiger charge is -2.07. The minimum atomic E-state index is -0.0177. The summed E-state index contributed by atoms with van der Waals surface area (Å²) in [5.74, 6) is 1.35. The third-order valence-electron chi connectivity index (χ3n) is 2.63. The van der Waals surface area contributed by atoms with Crippen LogP contribution < -0.4 is 0 Å². The number of aliphatic hydroxyl groups excluding tert-OH is 1. The number of rotatable bonds is 4. The minimum absolute atomic E-state index is 0.0177. The molecule has 0 atom stereocenters. The molecule has 17 heavy (non-hydrogen) atoms. The van der Waals surface area contributed by atoms with E-state index >= 15 is 0 Å². The molecule has 0 aliphatic rings. The quantitative estimate of drug-likeness (QED) is 0.863. The predicted molar refractivity (Wildman–Crippen MR) is 64.2 cm³/mol. The van der Waals surface area contributed by atoms with Gasteiger partial charge in [0.05, 0.1) is 12.3 Å². The van der Waals surface area contributed by atoms with Crippen molar-refractivity contribution in [3.8, 4) is 11.6 Å². The molecule has 0 saturated carbocycles. The molecular weight excluding hydrogens is 216 g/mol. The lowest BCUT2D eigenvalue weighted by molar-refractivity contribution is 0.279. The Morgan fingerprint density at radius 3 is 2.76 bits per heavy atom. The molecule has 0 aliphatic heterocycles. The Labute approximate surface area is 100 Å². The fourth-order valence-electron chi connectivity index (χ4n) is 1.72. The van der Waals surface area contributed by atoms with Crippen molar-refractivity contribution >= 4 is 0 Å². The number of hydrogen-bond acceptors (Lipinski definition) is 4. The molecule has 0 radical (unpaired) electrons. The number of aryl methyl sites for hydroxylation is 2. The van der Waals surface area contributed by atoms with E-state index in [9.17, 15) is 5.11 Å². The summed E-state index contributed by atoms with van der Waals surface area (Å²) in [6.45, 7) is 2.07. The first kappa shape index (κ1) is 11.7. The molecule has 0 aromatic carbocycles. The molecule has 90 valence electrons. The summed E-state index contributed by atoms with van der Waals surface area (Å²) < 4.78 is 1.88. The lowest BCUT2D eigenvalue weighted by atomic mass is 10.1. The van der Waals surface area contributed by atoms with Crippen LogP contribution in [0.25, 0.3) is 11.6 Å². The second-order valence-corrected chi connectivity index (χ2v) is 3.94. The van der Waals surface area contributed by atoms with Crippen molar-refractivity contribution in [2.75, 3.05) is 0 Å². The van der Waals surface area contributed by atoms with E-state index in [1.807, 2.05) is 17.8 Å². The Morgan fingerprint density at radius 2 is 2.18 bits per heavy atom. The first-order chi connectivity index (χ1) is 8.26. The zero-order chi connectivity index (χ0) is 12.3. The molecule has 5 heteroatoms. The van der Waals surface area contributed by atoms with Crippen molar-refractivity contribution in [3.05, 3.63) is 29.8 Å². The molecule has 2 rings (SSSR count). The van der Waals surface area contributed by atoms with Crippen LogP contribution in [0.5, 0.6) is 0 Å². The van der Waals surface area contributed by atoms with Crippen LogP contribution in [0.15, 0.2) is 18.6 Å². The molecule has 2 aromatic heterocycles. The minimum Gasteiger partial charge on any atom is -0.392 e. The van der Waals surface area contributed by atoms with E-state index in [1.54, 1.807) is 12.4 Å². The van der Waals surface area contributed by atoms with Gasteiger partial charge in [-0.05, 0) is 6.42 Å². The highest BCUT2D eigenvalue weighted by Gasteiger charge is 2.10. The van der Waals surface area contributed by atoms with Crippen LogP contribution in [-0.2, 0) is 20.1 Å². The largest absolute Gasteiger partial charge is 0.392 e. The molecular formula is C12H16N4O. The first-order valence-corrected chi connectivity index (χ1v) is 5.69. The monoisotopic (exact) mass is 232 g/mol. The van der Waals surface area contributed by atoms with E-state index in [-0.39, 0.29) is 6.61 Å². The summed E-state index contributed by atoms with van der Waals surface area (Å²) in [6, 6.07) is 0. The third kappa shape index (κ3) is 2.34. The maximum absolute atomic E-state index is 9.22. The lowest BCUT2D eigenvalue weighted by Crippen LogP contribution is -2.04. The van der Waals surface area contributed by atoms with Crippen LogP contribution >= 0.6 is 0 Å². The van der Waals surface area contributed by atoms with Gasteiger partial charge in [0.2, 0.25) is 0 Å². The average Bonchev–Trinajstić information content (AvgIpc) is 2.76. The molecule has 5 nitrogen and oxygen atoms in total. The van der Waals surface area contributed by atoms with Crippen LogP contribution in [0.3, 0.4) is 0 Å². The zero-order valence-electron chi connectivity index (χ0n) is 10.1. The van der Waals surface area contributed by atoms with Gasteiger partial charge in [-0.15, -0.1) is 0 Å². The number of nitrogens with zero attached hydrogens (tertiary/aromatic N) is 4. The molecule has 0 aliphatic carbocycles. The van der Waals surface area contributed by atoms with Gasteiger partial charge in [-0.25, -0.2) is 15.0 Å². The smallest absolute Gasteiger partial charge is 0.196 e. The van der Waals surface area contributed by atoms with Gasteiger partial charge in [0.1, 0.15) is 0 Å². The van der Waals surface area contributed by atoms with E-state index < -0.39 is 0 Å². The zero-order valence-corrected chi connectivity index (χ0v) is 10.1. The molecule has 0 saturated heterocycles. The van der Waals surface area contributed by atoms with E-state index in [4.69, 9.17) is 0 Å². The van der Waals surface area contributed by atoms with Crippen molar-refractivity contribution < 1.29 is 5.11 Å². The Kier molecular flexibility index (Phi) is 3.49. The Balaban J connectivity index is 2.43. The molecule has 0 amide bonds. The SMILES string of the molecule is CCCc1nc(-c2nccn2C)ncc1CO. The molecule has 2 heterocycles. The molecule has 2 aromatic rings. The van der Waals surface area contributed by atoms with E-state index in [0.717, 1.165) is 29.9 Å². The Morgan fingerprint density at radius 1 is 1.35 bits per heavy atom. The fraction of sp³-hybridized carbons (Fsp3) is 0.417. The van der Waals surface area contributed by atoms with E-state index in [1.165, 1.54) is 0 Å². The molecule has 0 unspecified atom stereocenters. The molecule has 0 spiro atoms. The highest BCUT2D eigenvalue weighted by molar-refractivity contribution is 5.44. The van der Waals surface area contributed by atoms with Gasteiger partial charge < -0.3 is 9.67 Å². The maximum Gasteiger partial charge on any atom is 0.196 e. The van der Waals surface area contributed by atoms with Gasteiger partial charge in [-0.3, -0.25) is 0 Å². The van der Waals surface area contributed by atoms with Crippen LogP contribution in [0.4, 0.5) is 0 Å². The Hall–Kier alpha value is -1.75.